The Hall–Kier alpha value is -2.77. The molecule has 2 aromatic rings. The Morgan fingerprint density at radius 1 is 1.05 bits per heavy atom. The van der Waals surface area contributed by atoms with Crippen LogP contribution in [0.15, 0.2) is 48.5 Å². The van der Waals surface area contributed by atoms with Crippen LogP contribution in [0.5, 0.6) is 0 Å². The second-order valence-corrected chi connectivity index (χ2v) is 11.3. The molecular weight excluding hydrogens is 539 g/mol. The molecule has 0 aliphatic carbocycles. The number of hydrogen-bond donors (Lipinski definition) is 3. The Kier molecular flexibility index (Phi) is 9.48. The number of nitrogens with zero attached hydrogens (tertiary/aromatic N) is 3. The summed E-state index contributed by atoms with van der Waals surface area (Å²) in [5, 5.41) is 10.5. The average molecular weight is 571 g/mol. The number of sulfonamides is 1. The molecule has 201 valence electrons. The van der Waals surface area contributed by atoms with Crippen molar-refractivity contribution in [3.63, 3.8) is 0 Å². The van der Waals surface area contributed by atoms with Crippen LogP contribution in [0, 0.1) is 17.4 Å². The second-order valence-electron chi connectivity index (χ2n) is 9.31. The summed E-state index contributed by atoms with van der Waals surface area (Å²) in [6.45, 7) is 3.19. The maximum Gasteiger partial charge on any atom is 0.254 e. The number of benzene rings is 2. The number of nitrogens with one attached hydrogen (secondary N) is 2. The number of hydrogen-bond acceptors (Lipinski definition) is 6. The normalized spacial score (nSPS) is 20.7. The first-order valence-electron chi connectivity index (χ1n) is 11.8. The molecular formula is C25H31CoN6O4S-. The van der Waals surface area contributed by atoms with Crippen molar-refractivity contribution in [2.24, 2.45) is 11.7 Å². The first-order chi connectivity index (χ1) is 17.1. The molecule has 0 saturated carbocycles. The van der Waals surface area contributed by atoms with Gasteiger partial charge in [0.1, 0.15) is 11.9 Å². The summed E-state index contributed by atoms with van der Waals surface area (Å²) >= 11 is 0. The smallest absolute Gasteiger partial charge is 0.254 e. The maximum absolute atomic E-state index is 13.5. The van der Waals surface area contributed by atoms with E-state index in [0.717, 1.165) is 0 Å². The van der Waals surface area contributed by atoms with E-state index in [2.05, 4.69) is 16.3 Å². The van der Waals surface area contributed by atoms with Crippen molar-refractivity contribution < 1.29 is 34.8 Å². The van der Waals surface area contributed by atoms with Gasteiger partial charge in [-0.3, -0.25) is 15.0 Å². The fourth-order valence-electron chi connectivity index (χ4n) is 4.79. The van der Waals surface area contributed by atoms with Gasteiger partial charge in [-0.25, -0.2) is 8.42 Å². The molecule has 2 fully saturated rings. The predicted molar refractivity (Wildman–Crippen MR) is 137 cm³/mol. The predicted octanol–water partition coefficient (Wildman–Crippen LogP) is 0.815. The van der Waals surface area contributed by atoms with Crippen LogP contribution in [0.3, 0.4) is 0 Å². The number of anilines is 1. The van der Waals surface area contributed by atoms with E-state index in [0.29, 0.717) is 62.5 Å². The van der Waals surface area contributed by atoms with Crippen LogP contribution in [-0.4, -0.2) is 91.7 Å². The SMILES string of the molecule is CS(=O)(=O)N1CCN(CC2C[C@@H](C(=O)Nc3cc[c-]cc3)N(C(=O)c3ccc(C(=N)N)cc3)C2)CC1.[Co]. The van der Waals surface area contributed by atoms with Crippen molar-refractivity contribution in [3.05, 3.63) is 65.7 Å². The van der Waals surface area contributed by atoms with Gasteiger partial charge < -0.3 is 20.9 Å². The molecule has 0 bridgehead atoms. The molecule has 2 saturated heterocycles. The van der Waals surface area contributed by atoms with Gasteiger partial charge in [0.25, 0.3) is 5.91 Å². The number of carbonyl (C=O) groups is 2. The number of carbonyl (C=O) groups excluding carboxylic acids is 2. The van der Waals surface area contributed by atoms with E-state index in [9.17, 15) is 18.0 Å². The number of rotatable bonds is 7. The van der Waals surface area contributed by atoms with E-state index in [4.69, 9.17) is 11.1 Å². The molecule has 0 spiro atoms. The number of likely N-dealkylation sites (tertiary alicyclic amines) is 1. The van der Waals surface area contributed by atoms with E-state index in [-0.39, 0.29) is 40.3 Å². The molecule has 2 aliphatic rings. The largest absolute Gasteiger partial charge is 0.384 e. The molecule has 0 aromatic heterocycles. The van der Waals surface area contributed by atoms with Crippen molar-refractivity contribution in [2.45, 2.75) is 12.5 Å². The number of piperazine rings is 1. The summed E-state index contributed by atoms with van der Waals surface area (Å²) in [6, 6.07) is 15.7. The number of nitrogen functional groups attached to an aromatic ring is 1. The zero-order valence-electron chi connectivity index (χ0n) is 20.5. The van der Waals surface area contributed by atoms with Gasteiger partial charge in [-0.15, -0.1) is 12.1 Å². The third-order valence-corrected chi connectivity index (χ3v) is 8.00. The van der Waals surface area contributed by atoms with Crippen molar-refractivity contribution in [1.29, 1.82) is 5.41 Å². The van der Waals surface area contributed by atoms with E-state index in [1.165, 1.54) is 10.6 Å². The number of nitrogens with two attached hydrogens (primary N) is 1. The maximum atomic E-state index is 13.5. The van der Waals surface area contributed by atoms with Crippen molar-refractivity contribution in [2.75, 3.05) is 50.8 Å². The minimum absolute atomic E-state index is 0. The Balaban J connectivity index is 0.00000380. The molecule has 2 aromatic carbocycles. The summed E-state index contributed by atoms with van der Waals surface area (Å²) in [7, 11) is -3.21. The fourth-order valence-corrected chi connectivity index (χ4v) is 5.62. The van der Waals surface area contributed by atoms with Gasteiger partial charge in [-0.2, -0.15) is 22.5 Å². The van der Waals surface area contributed by atoms with Gasteiger partial charge in [0.05, 0.1) is 6.26 Å². The quantitative estimate of drug-likeness (QED) is 0.256. The molecule has 2 heterocycles. The molecule has 10 nitrogen and oxygen atoms in total. The van der Waals surface area contributed by atoms with Crippen LogP contribution in [0.4, 0.5) is 5.69 Å². The van der Waals surface area contributed by atoms with E-state index < -0.39 is 16.1 Å². The van der Waals surface area contributed by atoms with Crippen LogP contribution in [0.2, 0.25) is 0 Å². The molecule has 4 rings (SSSR count). The minimum atomic E-state index is -3.21. The summed E-state index contributed by atoms with van der Waals surface area (Å²) in [5.74, 6) is -0.519. The summed E-state index contributed by atoms with van der Waals surface area (Å²) in [4.78, 5) is 30.5. The first-order valence-corrected chi connectivity index (χ1v) is 13.7. The third kappa shape index (κ3) is 7.17. The van der Waals surface area contributed by atoms with Crippen LogP contribution in [-0.2, 0) is 31.6 Å². The topological polar surface area (TPSA) is 140 Å². The molecule has 37 heavy (non-hydrogen) atoms. The monoisotopic (exact) mass is 570 g/mol. The van der Waals surface area contributed by atoms with Crippen LogP contribution >= 0.6 is 0 Å². The van der Waals surface area contributed by atoms with E-state index in [1.807, 2.05) is 0 Å². The molecule has 1 unspecified atom stereocenters. The standard InChI is InChI=1S/C25H31N6O4S.Co/c1-36(34,35)30-13-11-29(12-14-30)16-18-15-22(24(32)28-21-5-3-2-4-6-21)31(17-18)25(33)20-9-7-19(8-10-20)23(26)27;/h3-10,18,22H,11-17H2,1H3,(H3,26,27)(H,28,32);/q-1;/t18?,22-;/m0./s1. The van der Waals surface area contributed by atoms with Crippen molar-refractivity contribution in [1.82, 2.24) is 14.1 Å². The minimum Gasteiger partial charge on any atom is -0.384 e. The van der Waals surface area contributed by atoms with Gasteiger partial charge in [-0.1, -0.05) is 17.8 Å². The molecule has 1 radical (unpaired) electrons. The first kappa shape index (κ1) is 28.8. The van der Waals surface area contributed by atoms with Crippen LogP contribution in [0.1, 0.15) is 22.3 Å². The Morgan fingerprint density at radius 2 is 1.65 bits per heavy atom. The average Bonchev–Trinajstić information content (AvgIpc) is 3.28. The van der Waals surface area contributed by atoms with Gasteiger partial charge in [-0.05, 0) is 24.5 Å². The molecule has 2 amide bonds. The Labute approximate surface area is 227 Å². The number of amides is 2. The Bertz CT molecular complexity index is 1220. The van der Waals surface area contributed by atoms with Crippen molar-refractivity contribution >= 4 is 33.4 Å². The molecule has 2 atom stereocenters. The van der Waals surface area contributed by atoms with E-state index in [1.54, 1.807) is 53.4 Å². The molecule has 4 N–H and O–H groups in total. The summed E-state index contributed by atoms with van der Waals surface area (Å²) in [6.07, 6.45) is 1.73. The molecule has 12 heteroatoms. The molecule has 2 aliphatic heterocycles. The summed E-state index contributed by atoms with van der Waals surface area (Å²) < 4.78 is 25.1. The van der Waals surface area contributed by atoms with Crippen LogP contribution in [0.25, 0.3) is 0 Å². The third-order valence-electron chi connectivity index (χ3n) is 6.70. The zero-order chi connectivity index (χ0) is 25.9. The zero-order valence-corrected chi connectivity index (χ0v) is 22.4. The van der Waals surface area contributed by atoms with Crippen LogP contribution < -0.4 is 11.1 Å². The van der Waals surface area contributed by atoms with Gasteiger partial charge in [0.15, 0.2) is 0 Å². The summed E-state index contributed by atoms with van der Waals surface area (Å²) in [5.41, 5.74) is 7.11. The Morgan fingerprint density at radius 3 is 2.22 bits per heavy atom. The van der Waals surface area contributed by atoms with Crippen molar-refractivity contribution in [3.8, 4) is 0 Å². The van der Waals surface area contributed by atoms with Gasteiger partial charge in [0, 0.05) is 67.2 Å². The van der Waals surface area contributed by atoms with E-state index >= 15 is 0 Å². The van der Waals surface area contributed by atoms with Gasteiger partial charge >= 0.3 is 0 Å². The van der Waals surface area contributed by atoms with Gasteiger partial charge in [0.2, 0.25) is 15.9 Å². The second kappa shape index (κ2) is 12.2. The fraction of sp³-hybridized carbons (Fsp3) is 0.400. The number of amidine groups is 1.